The topological polar surface area (TPSA) is 56.3 Å². The van der Waals surface area contributed by atoms with Gasteiger partial charge in [0.15, 0.2) is 0 Å². The second-order valence-electron chi connectivity index (χ2n) is 4.59. The van der Waals surface area contributed by atoms with Crippen molar-refractivity contribution in [2.45, 2.75) is 32.4 Å². The molecule has 100 valence electrons. The molecule has 1 saturated heterocycles. The minimum atomic E-state index is 0.0381. The van der Waals surface area contributed by atoms with E-state index in [9.17, 15) is 0 Å². The van der Waals surface area contributed by atoms with Gasteiger partial charge in [0.05, 0.1) is 19.3 Å². The predicted molar refractivity (Wildman–Crippen MR) is 68.5 cm³/mol. The zero-order chi connectivity index (χ0) is 13.0. The minimum Gasteiger partial charge on any atom is -0.480 e. The maximum absolute atomic E-state index is 5.85. The summed E-state index contributed by atoms with van der Waals surface area (Å²) in [6.45, 7) is 5.97. The third kappa shape index (κ3) is 2.62. The summed E-state index contributed by atoms with van der Waals surface area (Å²) in [7, 11) is 1.62. The molecule has 0 radical (unpaired) electrons. The Bertz CT molecular complexity index is 386. The fourth-order valence-electron chi connectivity index (χ4n) is 2.44. The molecule has 0 spiro atoms. The van der Waals surface area contributed by atoms with Crippen molar-refractivity contribution in [1.82, 2.24) is 15.3 Å². The van der Waals surface area contributed by atoms with Gasteiger partial charge in [0.2, 0.25) is 5.88 Å². The van der Waals surface area contributed by atoms with E-state index in [1.807, 2.05) is 0 Å². The van der Waals surface area contributed by atoms with Crippen LogP contribution in [0.25, 0.3) is 0 Å². The Labute approximate surface area is 108 Å². The normalized spacial score (nSPS) is 25.1. The highest BCUT2D eigenvalue weighted by molar-refractivity contribution is 5.23. The summed E-state index contributed by atoms with van der Waals surface area (Å²) in [4.78, 5) is 8.63. The highest BCUT2D eigenvalue weighted by Gasteiger charge is 2.35. The largest absolute Gasteiger partial charge is 0.480 e. The molecule has 1 aromatic rings. The summed E-state index contributed by atoms with van der Waals surface area (Å²) in [6, 6.07) is 0.0381. The number of aromatic nitrogens is 2. The maximum atomic E-state index is 5.85. The Hall–Kier alpha value is -1.20. The number of likely N-dealkylation sites (N-methyl/N-ethyl adjacent to an activating group) is 1. The molecule has 1 aliphatic rings. The van der Waals surface area contributed by atoms with Crippen LogP contribution in [0.4, 0.5) is 0 Å². The van der Waals surface area contributed by atoms with Crippen LogP contribution in [0.1, 0.15) is 32.0 Å². The Morgan fingerprint density at radius 3 is 2.89 bits per heavy atom. The molecule has 3 atom stereocenters. The number of nitrogens with zero attached hydrogens (tertiary/aromatic N) is 2. The van der Waals surface area contributed by atoms with Crippen molar-refractivity contribution in [3.05, 3.63) is 18.1 Å². The van der Waals surface area contributed by atoms with Crippen molar-refractivity contribution in [2.24, 2.45) is 5.92 Å². The van der Waals surface area contributed by atoms with Gasteiger partial charge in [-0.05, 0) is 18.9 Å². The second kappa shape index (κ2) is 6.11. The van der Waals surface area contributed by atoms with Gasteiger partial charge in [-0.25, -0.2) is 4.98 Å². The lowest BCUT2D eigenvalue weighted by Crippen LogP contribution is -2.35. The average molecular weight is 251 g/mol. The first-order chi connectivity index (χ1) is 8.77. The molecular weight excluding hydrogens is 230 g/mol. The van der Waals surface area contributed by atoms with Crippen LogP contribution in [0.3, 0.4) is 0 Å². The van der Waals surface area contributed by atoms with Gasteiger partial charge in [-0.1, -0.05) is 13.8 Å². The van der Waals surface area contributed by atoms with E-state index < -0.39 is 0 Å². The molecule has 0 amide bonds. The van der Waals surface area contributed by atoms with Crippen molar-refractivity contribution < 1.29 is 9.47 Å². The molecule has 1 aromatic heterocycles. The first-order valence-electron chi connectivity index (χ1n) is 6.47. The third-order valence-electron chi connectivity index (χ3n) is 3.38. The number of hydrogen-bond acceptors (Lipinski definition) is 5. The quantitative estimate of drug-likeness (QED) is 0.860. The summed E-state index contributed by atoms with van der Waals surface area (Å²) in [5.74, 6) is 1.09. The average Bonchev–Trinajstić information content (AvgIpc) is 2.82. The zero-order valence-electron chi connectivity index (χ0n) is 11.2. The van der Waals surface area contributed by atoms with E-state index in [0.29, 0.717) is 11.8 Å². The summed E-state index contributed by atoms with van der Waals surface area (Å²) in [5, 5.41) is 3.44. The predicted octanol–water partition coefficient (Wildman–Crippen LogP) is 1.56. The van der Waals surface area contributed by atoms with Crippen LogP contribution in [-0.4, -0.2) is 36.3 Å². The molecule has 5 heteroatoms. The van der Waals surface area contributed by atoms with Gasteiger partial charge in [-0.3, -0.25) is 4.98 Å². The van der Waals surface area contributed by atoms with Crippen LogP contribution in [0, 0.1) is 5.92 Å². The number of hydrogen-bond donors (Lipinski definition) is 1. The van der Waals surface area contributed by atoms with Crippen LogP contribution >= 0.6 is 0 Å². The Balaban J connectivity index is 2.28. The molecule has 0 aromatic carbocycles. The Kier molecular flexibility index (Phi) is 4.49. The first kappa shape index (κ1) is 13.2. The molecule has 1 fully saturated rings. The number of rotatable bonds is 5. The van der Waals surface area contributed by atoms with E-state index >= 15 is 0 Å². The van der Waals surface area contributed by atoms with E-state index in [0.717, 1.165) is 25.3 Å². The third-order valence-corrected chi connectivity index (χ3v) is 3.38. The number of methoxy groups -OCH3 is 1. The van der Waals surface area contributed by atoms with Crippen molar-refractivity contribution in [3.8, 4) is 5.88 Å². The fraction of sp³-hybridized carbons (Fsp3) is 0.692. The van der Waals surface area contributed by atoms with Crippen LogP contribution < -0.4 is 10.1 Å². The molecule has 1 N–H and O–H groups in total. The van der Waals surface area contributed by atoms with E-state index in [4.69, 9.17) is 9.47 Å². The van der Waals surface area contributed by atoms with E-state index in [1.54, 1.807) is 19.5 Å². The molecule has 0 bridgehead atoms. The van der Waals surface area contributed by atoms with Gasteiger partial charge < -0.3 is 14.8 Å². The van der Waals surface area contributed by atoms with Crippen molar-refractivity contribution in [1.29, 1.82) is 0 Å². The lowest BCUT2D eigenvalue weighted by molar-refractivity contribution is 0.0588. The van der Waals surface area contributed by atoms with Crippen molar-refractivity contribution >= 4 is 0 Å². The van der Waals surface area contributed by atoms with Gasteiger partial charge in [-0.2, -0.15) is 0 Å². The summed E-state index contributed by atoms with van der Waals surface area (Å²) < 4.78 is 11.1. The minimum absolute atomic E-state index is 0.0381. The monoisotopic (exact) mass is 251 g/mol. The van der Waals surface area contributed by atoms with Gasteiger partial charge in [0.1, 0.15) is 5.69 Å². The van der Waals surface area contributed by atoms with Gasteiger partial charge >= 0.3 is 0 Å². The second-order valence-corrected chi connectivity index (χ2v) is 4.59. The molecule has 2 rings (SSSR count). The van der Waals surface area contributed by atoms with Crippen LogP contribution in [-0.2, 0) is 4.74 Å². The van der Waals surface area contributed by atoms with Gasteiger partial charge in [0.25, 0.3) is 0 Å². The highest BCUT2D eigenvalue weighted by atomic mass is 16.5. The molecule has 18 heavy (non-hydrogen) atoms. The summed E-state index contributed by atoms with van der Waals surface area (Å²) in [6.07, 6.45) is 4.57. The van der Waals surface area contributed by atoms with Crippen molar-refractivity contribution in [3.63, 3.8) is 0 Å². The SMILES string of the molecule is CCNC(c1nccnc1OC)C1OCCC1C. The Morgan fingerprint density at radius 1 is 1.50 bits per heavy atom. The van der Waals surface area contributed by atoms with Crippen LogP contribution in [0.5, 0.6) is 5.88 Å². The van der Waals surface area contributed by atoms with Gasteiger partial charge in [-0.15, -0.1) is 0 Å². The molecular formula is C13H21N3O2. The van der Waals surface area contributed by atoms with Crippen molar-refractivity contribution in [2.75, 3.05) is 20.3 Å². The summed E-state index contributed by atoms with van der Waals surface area (Å²) >= 11 is 0. The van der Waals surface area contributed by atoms with Crippen LogP contribution in [0.15, 0.2) is 12.4 Å². The Morgan fingerprint density at radius 2 is 2.28 bits per heavy atom. The van der Waals surface area contributed by atoms with Gasteiger partial charge in [0, 0.05) is 19.0 Å². The lowest BCUT2D eigenvalue weighted by Gasteiger charge is -2.26. The van der Waals surface area contributed by atoms with E-state index in [1.165, 1.54) is 0 Å². The fourth-order valence-corrected chi connectivity index (χ4v) is 2.44. The molecule has 5 nitrogen and oxygen atoms in total. The van der Waals surface area contributed by atoms with Crippen LogP contribution in [0.2, 0.25) is 0 Å². The molecule has 1 aliphatic heterocycles. The van der Waals surface area contributed by atoms with E-state index in [-0.39, 0.29) is 12.1 Å². The molecule has 3 unspecified atom stereocenters. The maximum Gasteiger partial charge on any atom is 0.237 e. The number of ether oxygens (including phenoxy) is 2. The zero-order valence-corrected chi connectivity index (χ0v) is 11.2. The lowest BCUT2D eigenvalue weighted by atomic mass is 9.95. The summed E-state index contributed by atoms with van der Waals surface area (Å²) in [5.41, 5.74) is 0.834. The standard InChI is InChI=1S/C13H21N3O2/c1-4-14-10(12-9(2)5-8-18-12)11-13(17-3)16-7-6-15-11/h6-7,9-10,12,14H,4-5,8H2,1-3H3. The van der Waals surface area contributed by atoms with E-state index in [2.05, 4.69) is 29.1 Å². The number of nitrogens with one attached hydrogen (secondary N) is 1. The first-order valence-corrected chi connectivity index (χ1v) is 6.47. The molecule has 0 aliphatic carbocycles. The molecule has 2 heterocycles. The smallest absolute Gasteiger partial charge is 0.237 e. The molecule has 0 saturated carbocycles. The highest BCUT2D eigenvalue weighted by Crippen LogP contribution is 2.33.